The monoisotopic (exact) mass is 648 g/mol. The van der Waals surface area contributed by atoms with Gasteiger partial charge in [-0.05, 0) is 43.9 Å². The number of nitrogens with two attached hydrogens (primary N) is 1. The Morgan fingerprint density at radius 3 is 2.65 bits per heavy atom. The van der Waals surface area contributed by atoms with E-state index in [0.717, 1.165) is 44.9 Å². The quantitative estimate of drug-likeness (QED) is 0.223. The first-order valence-electron chi connectivity index (χ1n) is 12.9. The molecule has 0 radical (unpaired) electrons. The molecule has 1 amide bonds. The zero-order valence-corrected chi connectivity index (χ0v) is 23.8. The highest BCUT2D eigenvalue weighted by Gasteiger charge is 2.41. The number of sulfone groups is 1. The number of alkyl halides is 1. The van der Waals surface area contributed by atoms with E-state index < -0.39 is 25.3 Å². The molecule has 2 N–H and O–H groups in total. The fraction of sp³-hybridized carbons (Fsp3) is 0.640. The minimum atomic E-state index is -4.00. The number of piperidine rings is 1. The average Bonchev–Trinajstić information content (AvgIpc) is 2.92. The van der Waals surface area contributed by atoms with Crippen molar-refractivity contribution in [3.8, 4) is 0 Å². The van der Waals surface area contributed by atoms with Crippen LogP contribution in [0.25, 0.3) is 5.70 Å². The molecule has 0 aromatic heterocycles. The molecule has 37 heavy (non-hydrogen) atoms. The maximum atomic E-state index is 15.0. The molecule has 12 heteroatoms. The predicted octanol–water partition coefficient (Wildman–Crippen LogP) is 1.81. The molecule has 204 valence electrons. The molecule has 3 atom stereocenters. The Morgan fingerprint density at radius 1 is 1.14 bits per heavy atom. The number of hydrogen-bond acceptors (Lipinski definition) is 8. The maximum Gasteiger partial charge on any atom is 0.239 e. The topological polar surface area (TPSA) is 105 Å². The number of hydrogen-bond donors (Lipinski definition) is 1. The summed E-state index contributed by atoms with van der Waals surface area (Å²) in [6.07, 6.45) is 3.85. The molecule has 0 aliphatic carbocycles. The van der Waals surface area contributed by atoms with Crippen molar-refractivity contribution in [3.63, 3.8) is 0 Å². The average molecular weight is 649 g/mol. The highest BCUT2D eigenvalue weighted by molar-refractivity contribution is 14.1. The van der Waals surface area contributed by atoms with Gasteiger partial charge in [0.2, 0.25) is 5.91 Å². The molecule has 5 rings (SSSR count). The number of carbonyl (C=O) groups excluding carboxylic acids is 1. The van der Waals surface area contributed by atoms with E-state index in [4.69, 9.17) is 15.3 Å². The number of morpholine rings is 1. The minimum Gasteiger partial charge on any atom is -0.380 e. The highest BCUT2D eigenvalue weighted by Crippen LogP contribution is 2.40. The second-order valence-electron chi connectivity index (χ2n) is 10.1. The third-order valence-electron chi connectivity index (χ3n) is 7.76. The Hall–Kier alpha value is -1.32. The molecular formula is C25H34FIN4O5S. The lowest BCUT2D eigenvalue weighted by Crippen LogP contribution is -2.55. The summed E-state index contributed by atoms with van der Waals surface area (Å²) in [5.74, 6) is 5.41. The van der Waals surface area contributed by atoms with Crippen LogP contribution in [0.5, 0.6) is 0 Å². The first-order chi connectivity index (χ1) is 17.8. The minimum absolute atomic E-state index is 0.111. The summed E-state index contributed by atoms with van der Waals surface area (Å²) in [5, 5.41) is 1.62. The van der Waals surface area contributed by atoms with Gasteiger partial charge in [-0.25, -0.2) is 18.7 Å². The van der Waals surface area contributed by atoms with Crippen LogP contribution in [-0.4, -0.2) is 104 Å². The number of fused-ring (bicyclic) bond motifs is 1. The molecular weight excluding hydrogens is 614 g/mol. The molecule has 4 heterocycles. The molecule has 0 spiro atoms. The van der Waals surface area contributed by atoms with E-state index in [9.17, 15) is 17.6 Å². The van der Waals surface area contributed by atoms with Crippen LogP contribution in [0.4, 0.5) is 4.39 Å². The van der Waals surface area contributed by atoms with E-state index in [1.54, 1.807) is 16.0 Å². The first-order valence-corrected chi connectivity index (χ1v) is 15.8. The molecule has 0 bridgehead atoms. The van der Waals surface area contributed by atoms with Crippen molar-refractivity contribution in [1.29, 1.82) is 0 Å². The number of hydrazine groups is 1. The largest absolute Gasteiger partial charge is 0.380 e. The molecule has 2 unspecified atom stereocenters. The normalized spacial score (nSPS) is 27.5. The van der Waals surface area contributed by atoms with Crippen molar-refractivity contribution in [1.82, 2.24) is 14.8 Å². The van der Waals surface area contributed by atoms with Gasteiger partial charge in [0.05, 0.1) is 37.3 Å². The summed E-state index contributed by atoms with van der Waals surface area (Å²) in [5.41, 5.74) is 1.10. The first kappa shape index (κ1) is 27.3. The van der Waals surface area contributed by atoms with Crippen LogP contribution in [0.15, 0.2) is 28.7 Å². The second-order valence-corrected chi connectivity index (χ2v) is 13.3. The number of likely N-dealkylation sites (tertiary alicyclic amines) is 1. The van der Waals surface area contributed by atoms with Crippen LogP contribution in [0.1, 0.15) is 31.2 Å². The number of rotatable bonds is 5. The van der Waals surface area contributed by atoms with Crippen molar-refractivity contribution in [2.24, 2.45) is 5.84 Å². The summed E-state index contributed by atoms with van der Waals surface area (Å²) in [6, 6.07) is 4.47. The summed E-state index contributed by atoms with van der Waals surface area (Å²) in [7, 11) is -4.00. The van der Waals surface area contributed by atoms with Crippen molar-refractivity contribution in [3.05, 3.63) is 35.2 Å². The summed E-state index contributed by atoms with van der Waals surface area (Å²) in [4.78, 5) is 17.2. The Morgan fingerprint density at radius 2 is 1.92 bits per heavy atom. The summed E-state index contributed by atoms with van der Waals surface area (Å²) >= 11 is 2.01. The second kappa shape index (κ2) is 11.4. The predicted molar refractivity (Wildman–Crippen MR) is 145 cm³/mol. The lowest BCUT2D eigenvalue weighted by molar-refractivity contribution is -0.133. The van der Waals surface area contributed by atoms with Gasteiger partial charge in [0.15, 0.2) is 9.84 Å². The van der Waals surface area contributed by atoms with Crippen molar-refractivity contribution in [2.45, 2.75) is 46.6 Å². The number of nitrogens with zero attached hydrogens (tertiary/aromatic N) is 3. The van der Waals surface area contributed by atoms with Gasteiger partial charge >= 0.3 is 0 Å². The number of ether oxygens (including phenoxy) is 2. The molecule has 9 nitrogen and oxygen atoms in total. The van der Waals surface area contributed by atoms with Crippen LogP contribution in [0.2, 0.25) is 0 Å². The lowest BCUT2D eigenvalue weighted by atomic mass is 9.97. The number of amides is 1. The zero-order chi connectivity index (χ0) is 26.2. The van der Waals surface area contributed by atoms with Gasteiger partial charge in [-0.15, -0.1) is 0 Å². The van der Waals surface area contributed by atoms with Crippen LogP contribution in [0, 0.1) is 5.82 Å². The van der Waals surface area contributed by atoms with Gasteiger partial charge < -0.3 is 19.4 Å². The molecule has 3 fully saturated rings. The molecule has 0 saturated carbocycles. The Balaban J connectivity index is 1.52. The Kier molecular flexibility index (Phi) is 8.42. The smallest absolute Gasteiger partial charge is 0.239 e. The van der Waals surface area contributed by atoms with Gasteiger partial charge in [-0.2, -0.15) is 0 Å². The number of halogens is 2. The van der Waals surface area contributed by atoms with Crippen LogP contribution in [-0.2, 0) is 24.1 Å². The summed E-state index contributed by atoms with van der Waals surface area (Å²) < 4.78 is 51.9. The maximum absolute atomic E-state index is 15.0. The fourth-order valence-electron chi connectivity index (χ4n) is 5.86. The lowest BCUT2D eigenvalue weighted by Gasteiger charge is -2.44. The van der Waals surface area contributed by atoms with Gasteiger partial charge in [0.25, 0.3) is 0 Å². The molecule has 3 saturated heterocycles. The molecule has 4 aliphatic heterocycles. The van der Waals surface area contributed by atoms with E-state index in [2.05, 4.69) is 4.90 Å². The van der Waals surface area contributed by atoms with E-state index >= 15 is 0 Å². The van der Waals surface area contributed by atoms with E-state index in [0.29, 0.717) is 56.8 Å². The third-order valence-corrected chi connectivity index (χ3v) is 10.8. The molecule has 1 aromatic carbocycles. The van der Waals surface area contributed by atoms with Gasteiger partial charge in [0, 0.05) is 37.8 Å². The van der Waals surface area contributed by atoms with Gasteiger partial charge in [0.1, 0.15) is 14.6 Å². The zero-order valence-electron chi connectivity index (χ0n) is 20.8. The highest BCUT2D eigenvalue weighted by atomic mass is 127. The van der Waals surface area contributed by atoms with Gasteiger partial charge in [-0.1, -0.05) is 34.7 Å². The van der Waals surface area contributed by atoms with Gasteiger partial charge in [-0.3, -0.25) is 9.69 Å². The van der Waals surface area contributed by atoms with E-state index in [1.165, 1.54) is 6.07 Å². The van der Waals surface area contributed by atoms with E-state index in [-0.39, 0.29) is 22.4 Å². The van der Waals surface area contributed by atoms with Crippen LogP contribution >= 0.6 is 22.6 Å². The third kappa shape index (κ3) is 5.55. The van der Waals surface area contributed by atoms with Crippen molar-refractivity contribution >= 4 is 44.0 Å². The Labute approximate surface area is 231 Å². The standard InChI is InChI=1S/C25H34FIN4O5S/c26-21-7-1-6-19-23(31(28)17-4-2-8-30(14-17)18-5-3-11-36-15-18)20(16-37(33,34)24(19)21)22(27)25(32)29-9-12-35-13-10-29/h1,6-7,17-18,22H,2-5,8-16,28H2/t17-,18?,22?/m0/s1. The van der Waals surface area contributed by atoms with Crippen molar-refractivity contribution in [2.75, 3.05) is 58.4 Å². The van der Waals surface area contributed by atoms with Crippen LogP contribution in [0.3, 0.4) is 0 Å². The molecule has 1 aromatic rings. The number of carbonyl (C=O) groups is 1. The number of benzene rings is 1. The summed E-state index contributed by atoms with van der Waals surface area (Å²) in [6.45, 7) is 4.92. The molecule has 4 aliphatic rings. The van der Waals surface area contributed by atoms with Crippen molar-refractivity contribution < 1.29 is 27.1 Å². The van der Waals surface area contributed by atoms with E-state index in [1.807, 2.05) is 22.6 Å². The Bertz CT molecular complexity index is 1150. The van der Waals surface area contributed by atoms with Crippen LogP contribution < -0.4 is 5.84 Å². The fourth-order valence-corrected chi connectivity index (χ4v) is 8.79. The SMILES string of the molecule is NN(C1=C(C(I)C(=O)N2CCOCC2)CS(=O)(=O)c2c(F)cccc21)[C@H]1CCCN(C2CCCOC2)C1.